The minimum Gasteiger partial charge on any atom is -0.487 e. The van der Waals surface area contributed by atoms with Gasteiger partial charge in [0.15, 0.2) is 16.7 Å². The highest BCUT2D eigenvalue weighted by Gasteiger charge is 2.43. The van der Waals surface area contributed by atoms with E-state index >= 15 is 0 Å². The van der Waals surface area contributed by atoms with E-state index < -0.39 is 23.2 Å². The van der Waals surface area contributed by atoms with E-state index in [0.29, 0.717) is 85.2 Å². The van der Waals surface area contributed by atoms with Crippen molar-refractivity contribution in [2.45, 2.75) is 83.1 Å². The lowest BCUT2D eigenvalue weighted by Crippen LogP contribution is -2.52. The fourth-order valence-electron chi connectivity index (χ4n) is 8.19. The molecule has 5 N–H and O–H groups in total. The number of carbonyl (C=O) groups excluding carboxylic acids is 5. The molecular weight excluding hydrogens is 889 g/mol. The predicted molar refractivity (Wildman–Crippen MR) is 238 cm³/mol. The molecule has 0 spiro atoms. The zero-order chi connectivity index (χ0) is 43.9. The summed E-state index contributed by atoms with van der Waals surface area (Å²) in [5.74, 6) is -1.46. The number of nitrogens with one attached hydrogen (secondary N) is 5. The van der Waals surface area contributed by atoms with E-state index in [9.17, 15) is 28.4 Å². The summed E-state index contributed by atoms with van der Waals surface area (Å²) in [6.07, 6.45) is 5.93. The molecule has 0 bridgehead atoms. The number of anilines is 3. The summed E-state index contributed by atoms with van der Waals surface area (Å²) in [5, 5.41) is 26.2. The smallest absolute Gasteiger partial charge is 0.255 e. The normalized spacial score (nSPS) is 19.3. The minimum atomic E-state index is -0.820. The molecule has 8 rings (SSSR count). The Bertz CT molecular complexity index is 2500. The van der Waals surface area contributed by atoms with Gasteiger partial charge in [-0.15, -0.1) is 23.7 Å². The van der Waals surface area contributed by atoms with E-state index in [2.05, 4.69) is 41.8 Å². The number of carbonyl (C=O) groups is 5. The van der Waals surface area contributed by atoms with Gasteiger partial charge in [0.1, 0.15) is 17.6 Å². The largest absolute Gasteiger partial charge is 0.487 e. The number of halogens is 3. The first-order valence-electron chi connectivity index (χ1n) is 20.7. The molecule has 21 heteroatoms. The van der Waals surface area contributed by atoms with Crippen LogP contribution in [-0.2, 0) is 45.2 Å². The van der Waals surface area contributed by atoms with Gasteiger partial charge in [-0.1, -0.05) is 29.8 Å². The van der Waals surface area contributed by atoms with Crippen LogP contribution in [0.15, 0.2) is 72.4 Å². The van der Waals surface area contributed by atoms with Crippen LogP contribution in [0, 0.1) is 11.2 Å². The summed E-state index contributed by atoms with van der Waals surface area (Å²) in [7, 11) is 0. The van der Waals surface area contributed by atoms with E-state index in [0.717, 1.165) is 5.69 Å². The number of nitrogens with zero attached hydrogens (tertiary/aromatic N) is 6. The van der Waals surface area contributed by atoms with Crippen molar-refractivity contribution >= 4 is 81.5 Å². The van der Waals surface area contributed by atoms with Gasteiger partial charge in [-0.3, -0.25) is 29.3 Å². The van der Waals surface area contributed by atoms with Gasteiger partial charge in [-0.2, -0.15) is 15.0 Å². The number of hydrogen-bond donors (Lipinski definition) is 5. The summed E-state index contributed by atoms with van der Waals surface area (Å²) in [4.78, 5) is 76.3. The maximum Gasteiger partial charge on any atom is 0.255 e. The highest BCUT2D eigenvalue weighted by Crippen LogP contribution is 2.41. The molecule has 64 heavy (non-hydrogen) atoms. The molecule has 1 saturated heterocycles. The summed E-state index contributed by atoms with van der Waals surface area (Å²) in [6.45, 7) is 1.56. The molecule has 1 unspecified atom stereocenters. The van der Waals surface area contributed by atoms with Crippen LogP contribution < -0.4 is 31.3 Å². The highest BCUT2D eigenvalue weighted by molar-refractivity contribution is 7.13. The Kier molecular flexibility index (Phi) is 14.8. The number of imide groups is 1. The quantitative estimate of drug-likeness (QED) is 0.0591. The molecule has 2 aliphatic heterocycles. The number of amides is 5. The van der Waals surface area contributed by atoms with Gasteiger partial charge >= 0.3 is 0 Å². The summed E-state index contributed by atoms with van der Waals surface area (Å²) >= 11 is 7.45. The third-order valence-electron chi connectivity index (χ3n) is 11.5. The van der Waals surface area contributed by atoms with Crippen molar-refractivity contribution in [3.8, 4) is 5.75 Å². The SMILES string of the molecule is Cl.O=C1CCC(N2Cc3c(NC(=O)CCNCCn4ncc(CNC(=O)C5(Cc6cccc(Nc7nccs7)n6)CCC(Oc6cccc(Cl)c6F)CC5)n4)cccc3C2=O)C(=O)N1. The molecule has 17 nitrogen and oxygen atoms in total. The van der Waals surface area contributed by atoms with Gasteiger partial charge < -0.3 is 30.9 Å². The lowest BCUT2D eigenvalue weighted by Gasteiger charge is -2.39. The third kappa shape index (κ3) is 10.8. The van der Waals surface area contributed by atoms with Crippen molar-refractivity contribution in [1.82, 2.24) is 45.8 Å². The Morgan fingerprint density at radius 1 is 1.02 bits per heavy atom. The molecule has 1 saturated carbocycles. The number of hydrogen-bond acceptors (Lipinski definition) is 13. The number of pyridine rings is 1. The molecule has 336 valence electrons. The predicted octanol–water partition coefficient (Wildman–Crippen LogP) is 5.33. The van der Waals surface area contributed by atoms with Gasteiger partial charge in [0.25, 0.3) is 5.91 Å². The van der Waals surface area contributed by atoms with Crippen LogP contribution in [0.4, 0.5) is 21.0 Å². The van der Waals surface area contributed by atoms with Crippen LogP contribution in [0.25, 0.3) is 0 Å². The second-order valence-corrected chi connectivity index (χ2v) is 17.0. The lowest BCUT2D eigenvalue weighted by molar-refractivity contribution is -0.137. The lowest BCUT2D eigenvalue weighted by atomic mass is 9.69. The van der Waals surface area contributed by atoms with E-state index in [4.69, 9.17) is 21.3 Å². The number of piperidine rings is 1. The second kappa shape index (κ2) is 20.7. The Morgan fingerprint density at radius 2 is 1.83 bits per heavy atom. The molecule has 2 aromatic carbocycles. The Morgan fingerprint density at radius 3 is 2.62 bits per heavy atom. The van der Waals surface area contributed by atoms with Gasteiger partial charge in [-0.05, 0) is 68.5 Å². The van der Waals surface area contributed by atoms with Crippen LogP contribution in [0.2, 0.25) is 5.02 Å². The summed E-state index contributed by atoms with van der Waals surface area (Å²) in [6, 6.07) is 14.6. The van der Waals surface area contributed by atoms with Crippen molar-refractivity contribution < 1.29 is 33.1 Å². The van der Waals surface area contributed by atoms with E-state index in [-0.39, 0.29) is 85.3 Å². The Hall–Kier alpha value is -6.02. The molecule has 2 fully saturated rings. The third-order valence-corrected chi connectivity index (χ3v) is 12.4. The molecule has 5 amide bonds. The molecule has 0 radical (unpaired) electrons. The van der Waals surface area contributed by atoms with Crippen molar-refractivity contribution in [2.24, 2.45) is 5.41 Å². The van der Waals surface area contributed by atoms with Crippen LogP contribution in [0.3, 0.4) is 0 Å². The Balaban J connectivity index is 0.00000612. The molecule has 1 atom stereocenters. The molecular formula is C43H46Cl2FN11O6S. The van der Waals surface area contributed by atoms with Crippen molar-refractivity contribution in [2.75, 3.05) is 23.7 Å². The standard InChI is InChI=1S/C43H45ClFN11O6S.ClH/c44-31-6-3-8-34(38(31)45)62-28-12-15-43(16-13-28,22-26-4-1-9-35(50-26)52-42-47-19-21-63-42)41(61)48-23-27-24-49-56(54-27)20-18-46-17-14-37(58)51-32-7-2-5-29-30(32)25-55(40(29)60)33-10-11-36(57)53-39(33)59;/h1-9,19,21,24,28,33,46H,10-18,20,22-23,25H2,(H,48,61)(H,51,58)(H,47,50,52)(H,53,57,59);1H. The molecule has 3 aromatic heterocycles. The average molecular weight is 935 g/mol. The van der Waals surface area contributed by atoms with Crippen molar-refractivity contribution in [1.29, 1.82) is 0 Å². The summed E-state index contributed by atoms with van der Waals surface area (Å²) in [5.41, 5.74) is 2.05. The zero-order valence-electron chi connectivity index (χ0n) is 34.5. The second-order valence-electron chi connectivity index (χ2n) is 15.7. The topological polar surface area (TPSA) is 214 Å². The zero-order valence-corrected chi connectivity index (χ0v) is 36.9. The van der Waals surface area contributed by atoms with E-state index in [1.165, 1.54) is 27.1 Å². The number of benzene rings is 2. The molecule has 1 aliphatic carbocycles. The van der Waals surface area contributed by atoms with E-state index in [1.54, 1.807) is 42.7 Å². The molecule has 5 heterocycles. The van der Waals surface area contributed by atoms with Crippen LogP contribution in [-0.4, -0.2) is 84.6 Å². The van der Waals surface area contributed by atoms with Gasteiger partial charge in [0, 0.05) is 73.0 Å². The van der Waals surface area contributed by atoms with Crippen LogP contribution >= 0.6 is 35.3 Å². The maximum atomic E-state index is 14.7. The highest BCUT2D eigenvalue weighted by atomic mass is 35.5. The van der Waals surface area contributed by atoms with E-state index in [1.807, 2.05) is 23.6 Å². The fraction of sp³-hybridized carbons (Fsp3) is 0.372. The maximum absolute atomic E-state index is 14.7. The number of aromatic nitrogens is 5. The van der Waals surface area contributed by atoms with Crippen molar-refractivity contribution in [3.63, 3.8) is 0 Å². The first-order valence-corrected chi connectivity index (χ1v) is 22.0. The van der Waals surface area contributed by atoms with Gasteiger partial charge in [0.2, 0.25) is 23.6 Å². The van der Waals surface area contributed by atoms with Crippen LogP contribution in [0.1, 0.15) is 72.3 Å². The summed E-state index contributed by atoms with van der Waals surface area (Å²) < 4.78 is 20.7. The average Bonchev–Trinajstić information content (AvgIpc) is 4.04. The van der Waals surface area contributed by atoms with Crippen molar-refractivity contribution in [3.05, 3.63) is 106 Å². The van der Waals surface area contributed by atoms with Gasteiger partial charge in [0.05, 0.1) is 35.8 Å². The fourth-order valence-corrected chi connectivity index (χ4v) is 8.89. The van der Waals surface area contributed by atoms with Gasteiger partial charge in [-0.25, -0.2) is 14.4 Å². The number of fused-ring (bicyclic) bond motifs is 1. The first-order chi connectivity index (χ1) is 30.5. The monoisotopic (exact) mass is 933 g/mol. The first kappa shape index (κ1) is 46.0. The number of thiazole rings is 1. The van der Waals surface area contributed by atoms with Crippen LogP contribution in [0.5, 0.6) is 5.75 Å². The minimum absolute atomic E-state index is 0. The number of ether oxygens (including phenoxy) is 1. The molecule has 3 aliphatic rings. The number of rotatable bonds is 17. The Labute approximate surface area is 382 Å². The molecule has 5 aromatic rings.